The van der Waals surface area contributed by atoms with Crippen LogP contribution < -0.4 is 10.6 Å². The molecule has 0 radical (unpaired) electrons. The van der Waals surface area contributed by atoms with E-state index in [0.29, 0.717) is 43.1 Å². The Morgan fingerprint density at radius 2 is 1.86 bits per heavy atom. The van der Waals surface area contributed by atoms with E-state index in [9.17, 15) is 4.79 Å². The van der Waals surface area contributed by atoms with Crippen molar-refractivity contribution in [1.29, 1.82) is 0 Å². The number of hydrogen-bond acceptors (Lipinski definition) is 4. The second kappa shape index (κ2) is 11.4. The number of benzene rings is 1. The van der Waals surface area contributed by atoms with Crippen LogP contribution in [-0.2, 0) is 0 Å². The fourth-order valence-electron chi connectivity index (χ4n) is 4.01. The Kier molecular flexibility index (Phi) is 9.90. The van der Waals surface area contributed by atoms with E-state index in [0.717, 1.165) is 12.4 Å². The number of rotatable bonds is 6. The van der Waals surface area contributed by atoms with Crippen molar-refractivity contribution in [2.75, 3.05) is 31.1 Å². The fourth-order valence-corrected chi connectivity index (χ4v) is 4.01. The Balaban J connectivity index is 0.00000210. The Morgan fingerprint density at radius 1 is 1.17 bits per heavy atom. The number of anilines is 1. The molecule has 1 aliphatic rings. The zero-order valence-electron chi connectivity index (χ0n) is 17.3. The Hall–Kier alpha value is -1.82. The minimum atomic E-state index is 0. The average molecular weight is 439 g/mol. The molecule has 2 atom stereocenters. The largest absolute Gasteiger partial charge is 0.354 e. The molecule has 2 aromatic rings. The number of amides is 1. The van der Waals surface area contributed by atoms with Crippen molar-refractivity contribution in [2.45, 2.75) is 32.7 Å². The molecule has 1 aliphatic heterocycles. The van der Waals surface area contributed by atoms with Gasteiger partial charge >= 0.3 is 0 Å². The van der Waals surface area contributed by atoms with Crippen LogP contribution in [0.3, 0.4) is 0 Å². The number of likely N-dealkylation sites (tertiary alicyclic amines) is 1. The van der Waals surface area contributed by atoms with Gasteiger partial charge < -0.3 is 15.5 Å². The van der Waals surface area contributed by atoms with Gasteiger partial charge in [-0.05, 0) is 50.9 Å². The van der Waals surface area contributed by atoms with E-state index in [1.54, 1.807) is 6.20 Å². The highest BCUT2D eigenvalue weighted by molar-refractivity contribution is 5.94. The molecule has 7 heteroatoms. The molecule has 160 valence electrons. The highest BCUT2D eigenvalue weighted by atomic mass is 35.5. The van der Waals surface area contributed by atoms with Gasteiger partial charge in [-0.25, -0.2) is 4.98 Å². The molecule has 3 rings (SSSR count). The lowest BCUT2D eigenvalue weighted by Gasteiger charge is -2.26. The first kappa shape index (κ1) is 25.2. The Bertz CT molecular complexity index is 755. The van der Waals surface area contributed by atoms with E-state index < -0.39 is 0 Å². The maximum Gasteiger partial charge on any atom is 0.255 e. The zero-order chi connectivity index (χ0) is 19.4. The lowest BCUT2D eigenvalue weighted by molar-refractivity contribution is 0.0786. The SMILES string of the molecule is CCN(c1ccc(C(=O)N2C[C@@H](CN)[C@H](c3ccccc3)C2)cn1)C(C)C.Cl.Cl. The minimum Gasteiger partial charge on any atom is -0.354 e. The third-order valence-electron chi connectivity index (χ3n) is 5.51. The van der Waals surface area contributed by atoms with Crippen molar-refractivity contribution in [3.8, 4) is 0 Å². The number of carbonyl (C=O) groups excluding carboxylic acids is 1. The highest BCUT2D eigenvalue weighted by Crippen LogP contribution is 2.32. The van der Waals surface area contributed by atoms with E-state index in [1.807, 2.05) is 35.2 Å². The van der Waals surface area contributed by atoms with Gasteiger partial charge in [0, 0.05) is 37.8 Å². The summed E-state index contributed by atoms with van der Waals surface area (Å²) in [6.07, 6.45) is 1.70. The van der Waals surface area contributed by atoms with Gasteiger partial charge in [0.15, 0.2) is 0 Å². The first-order valence-electron chi connectivity index (χ1n) is 9.82. The van der Waals surface area contributed by atoms with Crippen LogP contribution in [0.1, 0.15) is 42.6 Å². The Labute approximate surface area is 186 Å². The molecule has 1 fully saturated rings. The Morgan fingerprint density at radius 3 is 2.38 bits per heavy atom. The number of nitrogens with zero attached hydrogens (tertiary/aromatic N) is 3. The van der Waals surface area contributed by atoms with Gasteiger partial charge in [0.2, 0.25) is 0 Å². The van der Waals surface area contributed by atoms with Gasteiger partial charge in [-0.1, -0.05) is 30.3 Å². The maximum absolute atomic E-state index is 13.0. The molecular weight excluding hydrogens is 407 g/mol. The summed E-state index contributed by atoms with van der Waals surface area (Å²) in [5.74, 6) is 1.54. The second-order valence-electron chi connectivity index (χ2n) is 7.51. The third kappa shape index (κ3) is 5.62. The first-order chi connectivity index (χ1) is 13.0. The van der Waals surface area contributed by atoms with Crippen molar-refractivity contribution in [3.05, 3.63) is 59.8 Å². The predicted molar refractivity (Wildman–Crippen MR) is 125 cm³/mol. The predicted octanol–water partition coefficient (Wildman–Crippen LogP) is 3.97. The molecule has 5 nitrogen and oxygen atoms in total. The normalized spacial score (nSPS) is 18.2. The lowest BCUT2D eigenvalue weighted by Crippen LogP contribution is -2.32. The van der Waals surface area contributed by atoms with Crippen molar-refractivity contribution in [1.82, 2.24) is 9.88 Å². The van der Waals surface area contributed by atoms with Gasteiger partial charge in [-0.3, -0.25) is 4.79 Å². The molecular formula is C22H32Cl2N4O. The molecule has 0 unspecified atom stereocenters. The van der Waals surface area contributed by atoms with E-state index in [1.165, 1.54) is 5.56 Å². The number of pyridine rings is 1. The third-order valence-corrected chi connectivity index (χ3v) is 5.51. The number of halogens is 2. The molecule has 2 N–H and O–H groups in total. The fraction of sp³-hybridized carbons (Fsp3) is 0.455. The summed E-state index contributed by atoms with van der Waals surface area (Å²) in [6.45, 7) is 9.28. The second-order valence-corrected chi connectivity index (χ2v) is 7.51. The molecule has 0 saturated carbocycles. The van der Waals surface area contributed by atoms with Gasteiger partial charge in [-0.15, -0.1) is 24.8 Å². The van der Waals surface area contributed by atoms with E-state index in [2.05, 4.69) is 42.8 Å². The summed E-state index contributed by atoms with van der Waals surface area (Å²) in [7, 11) is 0. The first-order valence-corrected chi connectivity index (χ1v) is 9.82. The van der Waals surface area contributed by atoms with Crippen molar-refractivity contribution in [2.24, 2.45) is 11.7 Å². The highest BCUT2D eigenvalue weighted by Gasteiger charge is 2.35. The standard InChI is InChI=1S/C22H30N4O.2ClH/c1-4-26(16(2)3)21-11-10-18(13-24-21)22(27)25-14-19(12-23)20(15-25)17-8-6-5-7-9-17;;/h5-11,13,16,19-20H,4,12,14-15,23H2,1-3H3;2*1H/t19-,20+;;/m1../s1. The topological polar surface area (TPSA) is 62.5 Å². The molecule has 1 saturated heterocycles. The molecule has 1 aromatic carbocycles. The van der Waals surface area contributed by atoms with Crippen LogP contribution >= 0.6 is 24.8 Å². The molecule has 0 spiro atoms. The van der Waals surface area contributed by atoms with Crippen LogP contribution in [0.25, 0.3) is 0 Å². The van der Waals surface area contributed by atoms with Gasteiger partial charge in [0.1, 0.15) is 5.82 Å². The molecule has 1 amide bonds. The van der Waals surface area contributed by atoms with Crippen LogP contribution in [0, 0.1) is 5.92 Å². The number of nitrogens with two attached hydrogens (primary N) is 1. The quantitative estimate of drug-likeness (QED) is 0.740. The molecule has 1 aromatic heterocycles. The molecule has 0 aliphatic carbocycles. The molecule has 2 heterocycles. The van der Waals surface area contributed by atoms with Crippen LogP contribution in [0.4, 0.5) is 5.82 Å². The number of carbonyl (C=O) groups is 1. The number of aromatic nitrogens is 1. The van der Waals surface area contributed by atoms with Crippen LogP contribution in [0.5, 0.6) is 0 Å². The van der Waals surface area contributed by atoms with Gasteiger partial charge in [0.25, 0.3) is 5.91 Å². The van der Waals surface area contributed by atoms with Crippen LogP contribution in [-0.4, -0.2) is 48.0 Å². The van der Waals surface area contributed by atoms with Gasteiger partial charge in [-0.2, -0.15) is 0 Å². The van der Waals surface area contributed by atoms with Crippen LogP contribution in [0.2, 0.25) is 0 Å². The summed E-state index contributed by atoms with van der Waals surface area (Å²) in [5.41, 5.74) is 7.90. The summed E-state index contributed by atoms with van der Waals surface area (Å²) >= 11 is 0. The number of hydrogen-bond donors (Lipinski definition) is 1. The molecule has 29 heavy (non-hydrogen) atoms. The summed E-state index contributed by atoms with van der Waals surface area (Å²) in [4.78, 5) is 21.7. The van der Waals surface area contributed by atoms with Crippen molar-refractivity contribution in [3.63, 3.8) is 0 Å². The zero-order valence-corrected chi connectivity index (χ0v) is 19.0. The van der Waals surface area contributed by atoms with Crippen molar-refractivity contribution < 1.29 is 4.79 Å². The maximum atomic E-state index is 13.0. The monoisotopic (exact) mass is 438 g/mol. The lowest BCUT2D eigenvalue weighted by atomic mass is 9.89. The smallest absolute Gasteiger partial charge is 0.255 e. The summed E-state index contributed by atoms with van der Waals surface area (Å²) in [6, 6.07) is 14.6. The van der Waals surface area contributed by atoms with Gasteiger partial charge in [0.05, 0.1) is 5.56 Å². The summed E-state index contributed by atoms with van der Waals surface area (Å²) < 4.78 is 0. The van der Waals surface area contributed by atoms with E-state index in [4.69, 9.17) is 5.73 Å². The average Bonchev–Trinajstić information content (AvgIpc) is 3.13. The molecule has 0 bridgehead atoms. The van der Waals surface area contributed by atoms with Crippen LogP contribution in [0.15, 0.2) is 48.7 Å². The minimum absolute atomic E-state index is 0. The summed E-state index contributed by atoms with van der Waals surface area (Å²) in [5, 5.41) is 0. The van der Waals surface area contributed by atoms with E-state index >= 15 is 0 Å². The van der Waals surface area contributed by atoms with E-state index in [-0.39, 0.29) is 30.7 Å². The van der Waals surface area contributed by atoms with Crippen molar-refractivity contribution >= 4 is 36.5 Å².